The molecule has 0 unspecified atom stereocenters. The van der Waals surface area contributed by atoms with Gasteiger partial charge in [0, 0.05) is 11.7 Å². The molecule has 1 atom stereocenters. The van der Waals surface area contributed by atoms with Gasteiger partial charge in [0.2, 0.25) is 5.91 Å². The van der Waals surface area contributed by atoms with Crippen molar-refractivity contribution in [3.8, 4) is 6.01 Å². The monoisotopic (exact) mass is 333 g/mol. The molecule has 7 heteroatoms. The normalized spacial score (nSPS) is 12.5. The van der Waals surface area contributed by atoms with Crippen LogP contribution in [0, 0.1) is 11.8 Å². The van der Waals surface area contributed by atoms with Crippen molar-refractivity contribution in [2.24, 2.45) is 11.8 Å². The number of imidazole rings is 1. The number of nitrogens with zero attached hydrogens (tertiary/aromatic N) is 1. The van der Waals surface area contributed by atoms with Gasteiger partial charge >= 0.3 is 0 Å². The van der Waals surface area contributed by atoms with Crippen molar-refractivity contribution in [3.63, 3.8) is 0 Å². The highest BCUT2D eigenvalue weighted by molar-refractivity contribution is 7.80. The zero-order chi connectivity index (χ0) is 15.8. The molecule has 0 fully saturated rings. The third-order valence-corrected chi connectivity index (χ3v) is 3.69. The summed E-state index contributed by atoms with van der Waals surface area (Å²) in [6.07, 6.45) is 1.71. The van der Waals surface area contributed by atoms with Crippen LogP contribution in [0.5, 0.6) is 6.01 Å². The molecule has 0 bridgehead atoms. The molecule has 0 spiro atoms. The predicted octanol–water partition coefficient (Wildman–Crippen LogP) is 3.06. The topological polar surface area (TPSA) is 67.0 Å². The maximum Gasteiger partial charge on any atom is 0.295 e. The van der Waals surface area contributed by atoms with E-state index in [1.54, 1.807) is 0 Å². The summed E-state index contributed by atoms with van der Waals surface area (Å²) in [5, 5.41) is 3.19. The van der Waals surface area contributed by atoms with E-state index in [9.17, 15) is 4.79 Å². The molecule has 5 nitrogen and oxygen atoms in total. The average molecular weight is 334 g/mol. The number of H-pyrrole nitrogens is 1. The number of aromatic nitrogens is 2. The molecule has 1 amide bonds. The van der Waals surface area contributed by atoms with Crippen LogP contribution in [0.3, 0.4) is 0 Å². The molecule has 0 aromatic carbocycles. The molecule has 0 aliphatic rings. The second-order valence-electron chi connectivity index (χ2n) is 5.39. The van der Waals surface area contributed by atoms with Gasteiger partial charge in [-0.25, -0.2) is 0 Å². The van der Waals surface area contributed by atoms with Crippen LogP contribution in [0.2, 0.25) is 5.15 Å². The smallest absolute Gasteiger partial charge is 0.295 e. The van der Waals surface area contributed by atoms with Crippen molar-refractivity contribution in [1.82, 2.24) is 15.3 Å². The van der Waals surface area contributed by atoms with Crippen molar-refractivity contribution >= 4 is 30.1 Å². The predicted molar refractivity (Wildman–Crippen MR) is 88.0 cm³/mol. The molecule has 0 saturated carbocycles. The molecule has 1 rings (SSSR count). The Hall–Kier alpha value is -0.880. The number of hydrogen-bond acceptors (Lipinski definition) is 4. The van der Waals surface area contributed by atoms with Crippen molar-refractivity contribution < 1.29 is 9.53 Å². The summed E-state index contributed by atoms with van der Waals surface area (Å²) in [6.45, 7) is 7.08. The SMILES string of the molecule is CCCOc1nc(Cl)c(CNC(=O)[C@@H](CS)CC(C)C)[nH]1. The molecule has 1 aromatic heterocycles. The van der Waals surface area contributed by atoms with Crippen LogP contribution < -0.4 is 10.1 Å². The van der Waals surface area contributed by atoms with E-state index >= 15 is 0 Å². The van der Waals surface area contributed by atoms with Gasteiger partial charge in [-0.2, -0.15) is 17.6 Å². The largest absolute Gasteiger partial charge is 0.465 e. The van der Waals surface area contributed by atoms with Gasteiger partial charge < -0.3 is 15.0 Å². The lowest BCUT2D eigenvalue weighted by molar-refractivity contribution is -0.124. The summed E-state index contributed by atoms with van der Waals surface area (Å²) in [6, 6.07) is 0.388. The maximum absolute atomic E-state index is 12.1. The van der Waals surface area contributed by atoms with Crippen molar-refractivity contribution in [2.45, 2.75) is 40.2 Å². The maximum atomic E-state index is 12.1. The summed E-state index contributed by atoms with van der Waals surface area (Å²) >= 11 is 10.3. The summed E-state index contributed by atoms with van der Waals surface area (Å²) in [7, 11) is 0. The fraction of sp³-hybridized carbons (Fsp3) is 0.714. The van der Waals surface area contributed by atoms with Crippen LogP contribution in [-0.2, 0) is 11.3 Å². The number of nitrogens with one attached hydrogen (secondary N) is 2. The quantitative estimate of drug-likeness (QED) is 0.608. The summed E-state index contributed by atoms with van der Waals surface area (Å²) < 4.78 is 5.37. The summed E-state index contributed by atoms with van der Waals surface area (Å²) in [4.78, 5) is 19.1. The van der Waals surface area contributed by atoms with Gasteiger partial charge in [0.15, 0.2) is 5.15 Å². The Labute approximate surface area is 136 Å². The first-order chi connectivity index (χ1) is 9.97. The van der Waals surface area contributed by atoms with E-state index < -0.39 is 0 Å². The fourth-order valence-electron chi connectivity index (χ4n) is 1.90. The molecule has 0 radical (unpaired) electrons. The highest BCUT2D eigenvalue weighted by Gasteiger charge is 2.19. The first kappa shape index (κ1) is 18.2. The van der Waals surface area contributed by atoms with E-state index in [2.05, 4.69) is 41.8 Å². The Morgan fingerprint density at radius 2 is 2.24 bits per heavy atom. The second-order valence-corrected chi connectivity index (χ2v) is 6.11. The molecular weight excluding hydrogens is 310 g/mol. The minimum Gasteiger partial charge on any atom is -0.465 e. The molecular formula is C14H24ClN3O2S. The highest BCUT2D eigenvalue weighted by Crippen LogP contribution is 2.18. The number of rotatable bonds is 9. The number of carbonyl (C=O) groups is 1. The first-order valence-electron chi connectivity index (χ1n) is 7.23. The van der Waals surface area contributed by atoms with Crippen LogP contribution in [0.4, 0.5) is 0 Å². The molecule has 1 heterocycles. The van der Waals surface area contributed by atoms with Crippen molar-refractivity contribution in [1.29, 1.82) is 0 Å². The Morgan fingerprint density at radius 3 is 2.81 bits per heavy atom. The molecule has 0 aliphatic carbocycles. The molecule has 120 valence electrons. The van der Waals surface area contributed by atoms with E-state index in [1.165, 1.54) is 0 Å². The second kappa shape index (κ2) is 9.20. The lowest BCUT2D eigenvalue weighted by atomic mass is 9.98. The van der Waals surface area contributed by atoms with Crippen LogP contribution in [-0.4, -0.2) is 28.2 Å². The Bertz CT molecular complexity index is 451. The third-order valence-electron chi connectivity index (χ3n) is 2.94. The Balaban J connectivity index is 2.53. The minimum atomic E-state index is -0.0918. The van der Waals surface area contributed by atoms with Gasteiger partial charge in [-0.15, -0.1) is 0 Å². The molecule has 1 aromatic rings. The minimum absolute atomic E-state index is 0.0135. The number of thiol groups is 1. The zero-order valence-electron chi connectivity index (χ0n) is 12.8. The van der Waals surface area contributed by atoms with Crippen LogP contribution in [0.25, 0.3) is 0 Å². The van der Waals surface area contributed by atoms with E-state index in [0.29, 0.717) is 41.7 Å². The average Bonchev–Trinajstić information content (AvgIpc) is 2.80. The lowest BCUT2D eigenvalue weighted by Gasteiger charge is -2.16. The van der Waals surface area contributed by atoms with Crippen molar-refractivity contribution in [3.05, 3.63) is 10.8 Å². The van der Waals surface area contributed by atoms with Crippen molar-refractivity contribution in [2.75, 3.05) is 12.4 Å². The Morgan fingerprint density at radius 1 is 1.52 bits per heavy atom. The van der Waals surface area contributed by atoms with E-state index in [-0.39, 0.29) is 11.8 Å². The molecule has 0 saturated heterocycles. The standard InChI is InChI=1S/C14H24ClN3O2S/c1-4-5-20-14-17-11(12(15)18-14)7-16-13(19)10(8-21)6-9(2)3/h9-10,21H,4-8H2,1-3H3,(H,16,19)(H,17,18)/t10-/m1/s1. The van der Waals surface area contributed by atoms with E-state index in [0.717, 1.165) is 12.8 Å². The number of aromatic amines is 1. The van der Waals surface area contributed by atoms with Crippen LogP contribution in [0.1, 0.15) is 39.3 Å². The summed E-state index contributed by atoms with van der Waals surface area (Å²) in [5.41, 5.74) is 0.651. The van der Waals surface area contributed by atoms with E-state index in [1.807, 2.05) is 6.92 Å². The number of halogens is 1. The lowest BCUT2D eigenvalue weighted by Crippen LogP contribution is -2.32. The van der Waals surface area contributed by atoms with Crippen LogP contribution in [0.15, 0.2) is 0 Å². The van der Waals surface area contributed by atoms with Gasteiger partial charge in [-0.1, -0.05) is 32.4 Å². The van der Waals surface area contributed by atoms with E-state index in [4.69, 9.17) is 16.3 Å². The van der Waals surface area contributed by atoms with Gasteiger partial charge in [-0.3, -0.25) is 4.79 Å². The number of hydrogen-bond donors (Lipinski definition) is 3. The molecule has 0 aliphatic heterocycles. The van der Waals surface area contributed by atoms with Gasteiger partial charge in [0.1, 0.15) is 0 Å². The van der Waals surface area contributed by atoms with Gasteiger partial charge in [0.25, 0.3) is 6.01 Å². The first-order valence-corrected chi connectivity index (χ1v) is 8.24. The third kappa shape index (κ3) is 6.18. The molecule has 21 heavy (non-hydrogen) atoms. The van der Waals surface area contributed by atoms with Crippen LogP contribution >= 0.6 is 24.2 Å². The van der Waals surface area contributed by atoms with Gasteiger partial charge in [0.05, 0.1) is 18.8 Å². The summed E-state index contributed by atoms with van der Waals surface area (Å²) in [5.74, 6) is 0.884. The fourth-order valence-corrected chi connectivity index (χ4v) is 2.41. The number of amides is 1. The molecule has 2 N–H and O–H groups in total. The number of ether oxygens (including phenoxy) is 1. The highest BCUT2D eigenvalue weighted by atomic mass is 35.5. The van der Waals surface area contributed by atoms with Gasteiger partial charge in [-0.05, 0) is 18.8 Å². The number of carbonyl (C=O) groups excluding carboxylic acids is 1. The zero-order valence-corrected chi connectivity index (χ0v) is 14.4. The Kier molecular flexibility index (Phi) is 7.96.